The number of nitrogens with zero attached hydrogens (tertiary/aromatic N) is 1. The topological polar surface area (TPSA) is 45.5 Å². The fourth-order valence-electron chi connectivity index (χ4n) is 2.82. The van der Waals surface area contributed by atoms with Gasteiger partial charge in [-0.1, -0.05) is 12.1 Å². The van der Waals surface area contributed by atoms with Crippen LogP contribution in [-0.4, -0.2) is 19.0 Å². The van der Waals surface area contributed by atoms with Gasteiger partial charge >= 0.3 is 0 Å². The van der Waals surface area contributed by atoms with Crippen LogP contribution >= 0.6 is 0 Å². The van der Waals surface area contributed by atoms with E-state index < -0.39 is 0 Å². The molecule has 2 heterocycles. The summed E-state index contributed by atoms with van der Waals surface area (Å²) >= 11 is 0. The fourth-order valence-corrected chi connectivity index (χ4v) is 2.82. The van der Waals surface area contributed by atoms with E-state index in [-0.39, 0.29) is 5.91 Å². The van der Waals surface area contributed by atoms with Gasteiger partial charge in [-0.15, -0.1) is 0 Å². The van der Waals surface area contributed by atoms with E-state index in [1.807, 2.05) is 12.1 Å². The Hall–Kier alpha value is -2.23. The third kappa shape index (κ3) is 3.91. The van der Waals surface area contributed by atoms with Crippen LogP contribution in [-0.2, 0) is 17.8 Å². The third-order valence-corrected chi connectivity index (χ3v) is 4.06. The van der Waals surface area contributed by atoms with Gasteiger partial charge in [0.15, 0.2) is 0 Å². The van der Waals surface area contributed by atoms with Crippen molar-refractivity contribution in [2.75, 3.05) is 18.0 Å². The first-order chi connectivity index (χ1) is 10.8. The lowest BCUT2D eigenvalue weighted by Gasteiger charge is -2.28. The van der Waals surface area contributed by atoms with Crippen LogP contribution in [0.3, 0.4) is 0 Å². The summed E-state index contributed by atoms with van der Waals surface area (Å²) in [5.41, 5.74) is 2.30. The van der Waals surface area contributed by atoms with Crippen LogP contribution in [0.5, 0.6) is 0 Å². The minimum absolute atomic E-state index is 0.0159. The van der Waals surface area contributed by atoms with Crippen molar-refractivity contribution in [1.29, 1.82) is 0 Å². The van der Waals surface area contributed by atoms with Gasteiger partial charge < -0.3 is 14.6 Å². The second kappa shape index (κ2) is 7.16. The summed E-state index contributed by atoms with van der Waals surface area (Å²) in [6.45, 7) is 2.73. The van der Waals surface area contributed by atoms with Gasteiger partial charge in [0.05, 0.1) is 19.2 Å². The van der Waals surface area contributed by atoms with Crippen LogP contribution in [0.25, 0.3) is 0 Å². The Morgan fingerprint density at radius 1 is 1.09 bits per heavy atom. The molecular weight excluding hydrogens is 276 g/mol. The van der Waals surface area contributed by atoms with Crippen molar-refractivity contribution in [3.05, 3.63) is 54.0 Å². The number of carbonyl (C=O) groups excluding carboxylic acids is 1. The number of carbonyl (C=O) groups is 1. The second-order valence-electron chi connectivity index (χ2n) is 5.75. The molecule has 0 radical (unpaired) electrons. The van der Waals surface area contributed by atoms with E-state index in [4.69, 9.17) is 4.42 Å². The summed E-state index contributed by atoms with van der Waals surface area (Å²) in [6.07, 6.45) is 5.90. The summed E-state index contributed by atoms with van der Waals surface area (Å²) < 4.78 is 5.20. The lowest BCUT2D eigenvalue weighted by Crippen LogP contribution is -2.29. The molecule has 1 aromatic carbocycles. The molecule has 0 unspecified atom stereocenters. The number of anilines is 1. The summed E-state index contributed by atoms with van der Waals surface area (Å²) in [6, 6.07) is 12.0. The highest BCUT2D eigenvalue weighted by atomic mass is 16.3. The molecule has 1 amide bonds. The number of benzene rings is 1. The van der Waals surface area contributed by atoms with Gasteiger partial charge in [-0.25, -0.2) is 0 Å². The third-order valence-electron chi connectivity index (χ3n) is 4.06. The lowest BCUT2D eigenvalue weighted by molar-refractivity contribution is -0.120. The summed E-state index contributed by atoms with van der Waals surface area (Å²) in [7, 11) is 0. The van der Waals surface area contributed by atoms with Crippen LogP contribution < -0.4 is 10.2 Å². The number of hydrogen-bond acceptors (Lipinski definition) is 3. The molecule has 0 saturated carbocycles. The zero-order valence-corrected chi connectivity index (χ0v) is 12.8. The number of amides is 1. The highest BCUT2D eigenvalue weighted by Crippen LogP contribution is 2.20. The molecular formula is C18H22N2O2. The first-order valence-electron chi connectivity index (χ1n) is 7.94. The number of hydrogen-bond donors (Lipinski definition) is 1. The Morgan fingerprint density at radius 3 is 2.55 bits per heavy atom. The summed E-state index contributed by atoms with van der Waals surface area (Å²) in [4.78, 5) is 14.4. The SMILES string of the molecule is O=C(Cc1ccc(N2CCCCC2)cc1)NCc1ccco1. The molecule has 1 aliphatic rings. The van der Waals surface area contributed by atoms with E-state index >= 15 is 0 Å². The lowest BCUT2D eigenvalue weighted by atomic mass is 10.1. The largest absolute Gasteiger partial charge is 0.467 e. The Morgan fingerprint density at radius 2 is 1.86 bits per heavy atom. The molecule has 4 nitrogen and oxygen atoms in total. The predicted molar refractivity (Wildman–Crippen MR) is 86.8 cm³/mol. The van der Waals surface area contributed by atoms with Crippen LogP contribution in [0.1, 0.15) is 30.6 Å². The highest BCUT2D eigenvalue weighted by molar-refractivity contribution is 5.78. The van der Waals surface area contributed by atoms with Crippen LogP contribution in [0, 0.1) is 0 Å². The minimum Gasteiger partial charge on any atom is -0.467 e. The van der Waals surface area contributed by atoms with Crippen molar-refractivity contribution >= 4 is 11.6 Å². The molecule has 0 spiro atoms. The Balaban J connectivity index is 1.50. The second-order valence-corrected chi connectivity index (χ2v) is 5.75. The summed E-state index contributed by atoms with van der Waals surface area (Å²) in [5, 5.41) is 2.87. The zero-order chi connectivity index (χ0) is 15.2. The molecule has 1 saturated heterocycles. The smallest absolute Gasteiger partial charge is 0.224 e. The summed E-state index contributed by atoms with van der Waals surface area (Å²) in [5.74, 6) is 0.788. The van der Waals surface area contributed by atoms with Crippen molar-refractivity contribution in [3.63, 3.8) is 0 Å². The highest BCUT2D eigenvalue weighted by Gasteiger charge is 2.11. The van der Waals surface area contributed by atoms with E-state index in [2.05, 4.69) is 34.5 Å². The van der Waals surface area contributed by atoms with Crippen molar-refractivity contribution in [2.45, 2.75) is 32.2 Å². The molecule has 0 atom stereocenters. The van der Waals surface area contributed by atoms with Crippen molar-refractivity contribution < 1.29 is 9.21 Å². The Bertz CT molecular complexity index is 584. The minimum atomic E-state index is 0.0159. The number of rotatable bonds is 5. The van der Waals surface area contributed by atoms with Crippen LogP contribution in [0.15, 0.2) is 47.1 Å². The molecule has 3 rings (SSSR count). The van der Waals surface area contributed by atoms with Gasteiger partial charge in [0.2, 0.25) is 5.91 Å². The van der Waals surface area contributed by atoms with Gasteiger partial charge in [0.25, 0.3) is 0 Å². The van der Waals surface area contributed by atoms with Gasteiger partial charge in [0, 0.05) is 18.8 Å². The molecule has 4 heteroatoms. The molecule has 0 bridgehead atoms. The van der Waals surface area contributed by atoms with E-state index in [0.717, 1.165) is 24.4 Å². The molecule has 22 heavy (non-hydrogen) atoms. The van der Waals surface area contributed by atoms with E-state index in [9.17, 15) is 4.79 Å². The molecule has 1 aliphatic heterocycles. The van der Waals surface area contributed by atoms with Gasteiger partial charge in [0.1, 0.15) is 5.76 Å². The van der Waals surface area contributed by atoms with Gasteiger partial charge in [-0.05, 0) is 49.1 Å². The molecule has 1 fully saturated rings. The Kier molecular flexibility index (Phi) is 4.78. The maximum absolute atomic E-state index is 11.9. The number of piperidine rings is 1. The molecule has 2 aromatic rings. The van der Waals surface area contributed by atoms with E-state index in [1.165, 1.54) is 24.9 Å². The fraction of sp³-hybridized carbons (Fsp3) is 0.389. The number of nitrogens with one attached hydrogen (secondary N) is 1. The predicted octanol–water partition coefficient (Wildman–Crippen LogP) is 3.13. The molecule has 0 aliphatic carbocycles. The first kappa shape index (κ1) is 14.7. The quantitative estimate of drug-likeness (QED) is 0.922. The van der Waals surface area contributed by atoms with Gasteiger partial charge in [-0.2, -0.15) is 0 Å². The van der Waals surface area contributed by atoms with Gasteiger partial charge in [-0.3, -0.25) is 4.79 Å². The van der Waals surface area contributed by atoms with Crippen LogP contribution in [0.2, 0.25) is 0 Å². The van der Waals surface area contributed by atoms with Crippen molar-refractivity contribution in [3.8, 4) is 0 Å². The maximum atomic E-state index is 11.9. The molecule has 116 valence electrons. The maximum Gasteiger partial charge on any atom is 0.224 e. The average molecular weight is 298 g/mol. The van der Waals surface area contributed by atoms with E-state index in [0.29, 0.717) is 13.0 Å². The van der Waals surface area contributed by atoms with Crippen LogP contribution in [0.4, 0.5) is 5.69 Å². The van der Waals surface area contributed by atoms with Crippen molar-refractivity contribution in [2.24, 2.45) is 0 Å². The normalized spacial score (nSPS) is 14.8. The molecule has 1 N–H and O–H groups in total. The van der Waals surface area contributed by atoms with E-state index in [1.54, 1.807) is 6.26 Å². The monoisotopic (exact) mass is 298 g/mol. The zero-order valence-electron chi connectivity index (χ0n) is 12.8. The number of furan rings is 1. The first-order valence-corrected chi connectivity index (χ1v) is 7.94. The van der Waals surface area contributed by atoms with Crippen molar-refractivity contribution in [1.82, 2.24) is 5.32 Å². The average Bonchev–Trinajstić information content (AvgIpc) is 3.08. The standard InChI is InChI=1S/C18H22N2O2/c21-18(19-14-17-5-4-12-22-17)13-15-6-8-16(9-7-15)20-10-2-1-3-11-20/h4-9,12H,1-3,10-11,13-14H2,(H,19,21). The Labute approximate surface area is 131 Å². The molecule has 1 aromatic heterocycles.